The Balaban J connectivity index is 2.65. The number of hydrogen-bond acceptors (Lipinski definition) is 3. The number of carbonyl (C=O) groups excluding carboxylic acids is 1. The lowest BCUT2D eigenvalue weighted by Gasteiger charge is -2.16. The second kappa shape index (κ2) is 8.04. The van der Waals surface area contributed by atoms with Crippen LogP contribution < -0.4 is 9.47 Å². The number of halogens is 2. The summed E-state index contributed by atoms with van der Waals surface area (Å²) in [4.78, 5) is 11.2. The molecule has 0 spiro atoms. The van der Waals surface area contributed by atoms with E-state index in [0.29, 0.717) is 45.9 Å². The van der Waals surface area contributed by atoms with Crippen molar-refractivity contribution in [3.63, 3.8) is 0 Å². The van der Waals surface area contributed by atoms with E-state index >= 15 is 0 Å². The summed E-state index contributed by atoms with van der Waals surface area (Å²) < 4.78 is 11.4. The summed E-state index contributed by atoms with van der Waals surface area (Å²) in [6, 6.07) is 8.62. The van der Waals surface area contributed by atoms with Crippen LogP contribution in [-0.2, 0) is 0 Å². The second-order valence-corrected chi connectivity index (χ2v) is 5.49. The van der Waals surface area contributed by atoms with Gasteiger partial charge in [-0.2, -0.15) is 0 Å². The molecule has 5 heteroatoms. The Labute approximate surface area is 145 Å². The molecule has 0 N–H and O–H groups in total. The topological polar surface area (TPSA) is 35.5 Å². The van der Waals surface area contributed by atoms with Gasteiger partial charge in [-0.3, -0.25) is 4.79 Å². The van der Waals surface area contributed by atoms with E-state index in [1.54, 1.807) is 30.3 Å². The van der Waals surface area contributed by atoms with E-state index in [4.69, 9.17) is 32.7 Å². The highest BCUT2D eigenvalue weighted by Crippen LogP contribution is 2.41. The third kappa shape index (κ3) is 4.06. The summed E-state index contributed by atoms with van der Waals surface area (Å²) in [6.45, 7) is 6.28. The number of benzene rings is 2. The van der Waals surface area contributed by atoms with Crippen LogP contribution in [0.1, 0.15) is 17.3 Å². The van der Waals surface area contributed by atoms with Crippen LogP contribution in [0.4, 0.5) is 0 Å². The molecule has 23 heavy (non-hydrogen) atoms. The molecule has 0 aliphatic heterocycles. The fraction of sp³-hybridized carbons (Fsp3) is 0.167. The molecule has 0 aliphatic carbocycles. The van der Waals surface area contributed by atoms with Crippen molar-refractivity contribution in [3.8, 4) is 22.6 Å². The highest BCUT2D eigenvalue weighted by molar-refractivity contribution is 6.42. The highest BCUT2D eigenvalue weighted by atomic mass is 35.5. The lowest BCUT2D eigenvalue weighted by Crippen LogP contribution is -2.02. The predicted octanol–water partition coefficient (Wildman–Crippen LogP) is 5.44. The Kier molecular flexibility index (Phi) is 6.08. The molecule has 0 unspecified atom stereocenters. The Morgan fingerprint density at radius 2 is 1.91 bits per heavy atom. The fourth-order valence-corrected chi connectivity index (χ4v) is 2.42. The van der Waals surface area contributed by atoms with Gasteiger partial charge in [-0.1, -0.05) is 41.9 Å². The molecule has 0 bridgehead atoms. The zero-order chi connectivity index (χ0) is 16.8. The molecule has 2 rings (SSSR count). The first kappa shape index (κ1) is 17.4. The standard InChI is InChI=1S/C18H16Cl2O3/c1-3-7-23-18-14(13-5-6-15(19)16(20)10-13)8-12(11-21)9-17(18)22-4-2/h3,5-6,8-11H,1,4,7H2,2H3. The number of hydrogen-bond donors (Lipinski definition) is 0. The van der Waals surface area contributed by atoms with Crippen molar-refractivity contribution < 1.29 is 14.3 Å². The Morgan fingerprint density at radius 1 is 1.13 bits per heavy atom. The fourth-order valence-electron chi connectivity index (χ4n) is 2.12. The zero-order valence-corrected chi connectivity index (χ0v) is 14.2. The van der Waals surface area contributed by atoms with Crippen LogP contribution in [-0.4, -0.2) is 19.5 Å². The van der Waals surface area contributed by atoms with Crippen LogP contribution in [0.2, 0.25) is 10.0 Å². The van der Waals surface area contributed by atoms with Gasteiger partial charge < -0.3 is 9.47 Å². The van der Waals surface area contributed by atoms with E-state index in [9.17, 15) is 4.79 Å². The molecule has 0 fully saturated rings. The first-order chi connectivity index (χ1) is 11.1. The first-order valence-electron chi connectivity index (χ1n) is 7.05. The smallest absolute Gasteiger partial charge is 0.169 e. The van der Waals surface area contributed by atoms with Gasteiger partial charge in [-0.15, -0.1) is 0 Å². The van der Waals surface area contributed by atoms with Crippen LogP contribution >= 0.6 is 23.2 Å². The van der Waals surface area contributed by atoms with Gasteiger partial charge >= 0.3 is 0 Å². The SMILES string of the molecule is C=CCOc1c(OCC)cc(C=O)cc1-c1ccc(Cl)c(Cl)c1. The minimum absolute atomic E-state index is 0.314. The quantitative estimate of drug-likeness (QED) is 0.492. The minimum atomic E-state index is 0.314. The number of aldehydes is 1. The van der Waals surface area contributed by atoms with Crippen molar-refractivity contribution >= 4 is 29.5 Å². The first-order valence-corrected chi connectivity index (χ1v) is 7.81. The molecule has 0 aromatic heterocycles. The van der Waals surface area contributed by atoms with Crippen LogP contribution in [0.3, 0.4) is 0 Å². The predicted molar refractivity (Wildman–Crippen MR) is 94.1 cm³/mol. The van der Waals surface area contributed by atoms with E-state index in [2.05, 4.69) is 6.58 Å². The average Bonchev–Trinajstić information content (AvgIpc) is 2.56. The van der Waals surface area contributed by atoms with Gasteiger partial charge in [0.2, 0.25) is 0 Å². The number of rotatable bonds is 7. The van der Waals surface area contributed by atoms with Gasteiger partial charge in [0, 0.05) is 11.1 Å². The van der Waals surface area contributed by atoms with Crippen molar-refractivity contribution in [2.24, 2.45) is 0 Å². The number of carbonyl (C=O) groups is 1. The molecule has 0 aliphatic rings. The highest BCUT2D eigenvalue weighted by Gasteiger charge is 2.16. The molecule has 3 nitrogen and oxygen atoms in total. The summed E-state index contributed by atoms with van der Waals surface area (Å²) in [5.41, 5.74) is 1.97. The summed E-state index contributed by atoms with van der Waals surface area (Å²) in [7, 11) is 0. The van der Waals surface area contributed by atoms with Crippen LogP contribution in [0.15, 0.2) is 43.0 Å². The average molecular weight is 351 g/mol. The Morgan fingerprint density at radius 3 is 2.52 bits per heavy atom. The van der Waals surface area contributed by atoms with Gasteiger partial charge in [-0.25, -0.2) is 0 Å². The van der Waals surface area contributed by atoms with Gasteiger partial charge in [0.05, 0.1) is 16.7 Å². The maximum Gasteiger partial charge on any atom is 0.169 e. The summed E-state index contributed by atoms with van der Waals surface area (Å²) in [6.07, 6.45) is 2.41. The maximum atomic E-state index is 11.2. The molecule has 0 amide bonds. The van der Waals surface area contributed by atoms with Crippen LogP contribution in [0, 0.1) is 0 Å². The monoisotopic (exact) mass is 350 g/mol. The van der Waals surface area contributed by atoms with Crippen molar-refractivity contribution in [3.05, 3.63) is 58.6 Å². The number of ether oxygens (including phenoxy) is 2. The van der Waals surface area contributed by atoms with Crippen molar-refractivity contribution in [1.82, 2.24) is 0 Å². The van der Waals surface area contributed by atoms with Gasteiger partial charge in [0.15, 0.2) is 11.5 Å². The van der Waals surface area contributed by atoms with E-state index in [-0.39, 0.29) is 0 Å². The summed E-state index contributed by atoms with van der Waals surface area (Å²) >= 11 is 12.1. The van der Waals surface area contributed by atoms with Crippen molar-refractivity contribution in [1.29, 1.82) is 0 Å². The summed E-state index contributed by atoms with van der Waals surface area (Å²) in [5.74, 6) is 1.04. The van der Waals surface area contributed by atoms with Crippen LogP contribution in [0.5, 0.6) is 11.5 Å². The molecular formula is C18H16Cl2O3. The van der Waals surface area contributed by atoms with Crippen LogP contribution in [0.25, 0.3) is 11.1 Å². The maximum absolute atomic E-state index is 11.2. The van der Waals surface area contributed by atoms with Gasteiger partial charge in [-0.05, 0) is 36.8 Å². The normalized spacial score (nSPS) is 10.2. The molecule has 0 heterocycles. The Bertz CT molecular complexity index is 726. The molecule has 0 radical (unpaired) electrons. The minimum Gasteiger partial charge on any atom is -0.490 e. The second-order valence-electron chi connectivity index (χ2n) is 4.68. The van der Waals surface area contributed by atoms with Crippen molar-refractivity contribution in [2.45, 2.75) is 6.92 Å². The van der Waals surface area contributed by atoms with Gasteiger partial charge in [0.25, 0.3) is 0 Å². The van der Waals surface area contributed by atoms with E-state index < -0.39 is 0 Å². The zero-order valence-electron chi connectivity index (χ0n) is 12.6. The molecule has 2 aromatic rings. The van der Waals surface area contributed by atoms with Crippen molar-refractivity contribution in [2.75, 3.05) is 13.2 Å². The van der Waals surface area contributed by atoms with E-state index in [1.807, 2.05) is 13.0 Å². The summed E-state index contributed by atoms with van der Waals surface area (Å²) in [5, 5.41) is 0.883. The molecule has 120 valence electrons. The van der Waals surface area contributed by atoms with E-state index in [1.165, 1.54) is 0 Å². The molecule has 0 saturated carbocycles. The molecule has 0 saturated heterocycles. The lowest BCUT2D eigenvalue weighted by molar-refractivity contribution is 0.112. The van der Waals surface area contributed by atoms with E-state index in [0.717, 1.165) is 11.8 Å². The molecule has 0 atom stereocenters. The third-order valence-corrected chi connectivity index (χ3v) is 3.83. The Hall–Kier alpha value is -1.97. The molecule has 2 aromatic carbocycles. The third-order valence-electron chi connectivity index (χ3n) is 3.09. The largest absolute Gasteiger partial charge is 0.490 e. The molecular weight excluding hydrogens is 335 g/mol. The lowest BCUT2D eigenvalue weighted by atomic mass is 10.0. The van der Waals surface area contributed by atoms with Gasteiger partial charge in [0.1, 0.15) is 12.9 Å².